The molecule has 0 aliphatic rings. The molecule has 2 amide bonds. The maximum absolute atomic E-state index is 11.9. The number of ether oxygens (including phenoxy) is 2. The fourth-order valence-electron chi connectivity index (χ4n) is 2.51. The standard InChI is InChI=1S/C23H20ClN3O4/c1-30-20-11-9-19(10-12-20)26-22(28)23(29)27-25-14-17-3-2-4-21(13-17)31-15-16-5-7-18(24)8-6-16/h2-14H,15H2,1H3,(H,26,28)(H,27,29)/b25-14-. The molecule has 158 valence electrons. The summed E-state index contributed by atoms with van der Waals surface area (Å²) in [6, 6.07) is 21.2. The minimum absolute atomic E-state index is 0.389. The van der Waals surface area contributed by atoms with Crippen LogP contribution in [-0.4, -0.2) is 25.1 Å². The number of carbonyl (C=O) groups excluding carboxylic acids is 2. The highest BCUT2D eigenvalue weighted by Gasteiger charge is 2.12. The minimum atomic E-state index is -0.887. The number of hydrogen-bond acceptors (Lipinski definition) is 5. The number of halogens is 1. The van der Waals surface area contributed by atoms with Crippen LogP contribution in [0.2, 0.25) is 5.02 Å². The summed E-state index contributed by atoms with van der Waals surface area (Å²) < 4.78 is 10.8. The number of nitrogens with one attached hydrogen (secondary N) is 2. The molecule has 3 rings (SSSR count). The molecule has 0 aromatic heterocycles. The van der Waals surface area contributed by atoms with Gasteiger partial charge in [-0.3, -0.25) is 9.59 Å². The Bertz CT molecular complexity index is 1070. The zero-order chi connectivity index (χ0) is 22.1. The van der Waals surface area contributed by atoms with Crippen LogP contribution in [0.3, 0.4) is 0 Å². The fourth-order valence-corrected chi connectivity index (χ4v) is 2.64. The van der Waals surface area contributed by atoms with E-state index in [1.54, 1.807) is 61.7 Å². The van der Waals surface area contributed by atoms with Crippen LogP contribution in [0.4, 0.5) is 5.69 Å². The van der Waals surface area contributed by atoms with Crippen LogP contribution < -0.4 is 20.2 Å². The molecule has 0 fully saturated rings. The first kappa shape index (κ1) is 21.9. The summed E-state index contributed by atoms with van der Waals surface area (Å²) in [4.78, 5) is 23.9. The number of nitrogens with zero attached hydrogens (tertiary/aromatic N) is 1. The lowest BCUT2D eigenvalue weighted by Crippen LogP contribution is -2.32. The average Bonchev–Trinajstić information content (AvgIpc) is 2.79. The van der Waals surface area contributed by atoms with E-state index in [0.717, 1.165) is 5.56 Å². The van der Waals surface area contributed by atoms with Crippen LogP contribution in [0.5, 0.6) is 11.5 Å². The van der Waals surface area contributed by atoms with Crippen molar-refractivity contribution in [1.29, 1.82) is 0 Å². The van der Waals surface area contributed by atoms with Crippen LogP contribution in [-0.2, 0) is 16.2 Å². The van der Waals surface area contributed by atoms with Crippen molar-refractivity contribution in [1.82, 2.24) is 5.43 Å². The van der Waals surface area contributed by atoms with E-state index < -0.39 is 11.8 Å². The average molecular weight is 438 g/mol. The van der Waals surface area contributed by atoms with Gasteiger partial charge in [0.05, 0.1) is 13.3 Å². The second-order valence-corrected chi connectivity index (χ2v) is 6.81. The lowest BCUT2D eigenvalue weighted by atomic mass is 10.2. The van der Waals surface area contributed by atoms with Crippen molar-refractivity contribution >= 4 is 35.3 Å². The predicted molar refractivity (Wildman–Crippen MR) is 120 cm³/mol. The quantitative estimate of drug-likeness (QED) is 0.332. The number of rotatable bonds is 7. The molecular weight excluding hydrogens is 418 g/mol. The van der Waals surface area contributed by atoms with Crippen LogP contribution in [0.1, 0.15) is 11.1 Å². The number of anilines is 1. The molecule has 0 unspecified atom stereocenters. The van der Waals surface area contributed by atoms with E-state index in [2.05, 4.69) is 15.8 Å². The van der Waals surface area contributed by atoms with Crippen molar-refractivity contribution in [2.75, 3.05) is 12.4 Å². The molecule has 2 N–H and O–H groups in total. The zero-order valence-electron chi connectivity index (χ0n) is 16.7. The van der Waals surface area contributed by atoms with Gasteiger partial charge in [0.25, 0.3) is 0 Å². The van der Waals surface area contributed by atoms with Crippen LogP contribution >= 0.6 is 11.6 Å². The van der Waals surface area contributed by atoms with Crippen molar-refractivity contribution in [3.8, 4) is 11.5 Å². The van der Waals surface area contributed by atoms with E-state index in [1.165, 1.54) is 6.21 Å². The SMILES string of the molecule is COc1ccc(NC(=O)C(=O)N/N=C\c2cccc(OCc3ccc(Cl)cc3)c2)cc1. The molecule has 0 aliphatic heterocycles. The lowest BCUT2D eigenvalue weighted by molar-refractivity contribution is -0.136. The molecule has 0 radical (unpaired) electrons. The zero-order valence-corrected chi connectivity index (χ0v) is 17.4. The monoisotopic (exact) mass is 437 g/mol. The third-order valence-corrected chi connectivity index (χ3v) is 4.36. The molecular formula is C23H20ClN3O4. The molecule has 0 saturated carbocycles. The summed E-state index contributed by atoms with van der Waals surface area (Å²) in [5.74, 6) is -0.432. The lowest BCUT2D eigenvalue weighted by Gasteiger charge is -2.07. The Hall–Kier alpha value is -3.84. The van der Waals surface area contributed by atoms with Gasteiger partial charge in [-0.1, -0.05) is 35.9 Å². The summed E-state index contributed by atoms with van der Waals surface area (Å²) in [6.07, 6.45) is 1.42. The molecule has 0 heterocycles. The van der Waals surface area contributed by atoms with Crippen molar-refractivity contribution in [2.45, 2.75) is 6.61 Å². The highest BCUT2D eigenvalue weighted by Crippen LogP contribution is 2.16. The molecule has 3 aromatic rings. The third kappa shape index (κ3) is 6.87. The smallest absolute Gasteiger partial charge is 0.329 e. The van der Waals surface area contributed by atoms with Crippen LogP contribution in [0, 0.1) is 0 Å². The number of methoxy groups -OCH3 is 1. The maximum Gasteiger partial charge on any atom is 0.329 e. The van der Waals surface area contributed by atoms with Gasteiger partial charge in [-0.05, 0) is 59.7 Å². The second kappa shape index (κ2) is 10.8. The van der Waals surface area contributed by atoms with E-state index in [4.69, 9.17) is 21.1 Å². The summed E-state index contributed by atoms with van der Waals surface area (Å²) in [7, 11) is 1.54. The van der Waals surface area contributed by atoms with Gasteiger partial charge in [0.1, 0.15) is 18.1 Å². The van der Waals surface area contributed by atoms with E-state index in [0.29, 0.717) is 34.4 Å². The van der Waals surface area contributed by atoms with Gasteiger partial charge in [-0.2, -0.15) is 5.10 Å². The molecule has 0 atom stereocenters. The molecule has 0 bridgehead atoms. The van der Waals surface area contributed by atoms with E-state index in [-0.39, 0.29) is 0 Å². The Labute approximate surface area is 184 Å². The van der Waals surface area contributed by atoms with Gasteiger partial charge in [0, 0.05) is 10.7 Å². The molecule has 0 spiro atoms. The van der Waals surface area contributed by atoms with Gasteiger partial charge >= 0.3 is 11.8 Å². The Morgan fingerprint density at radius 2 is 1.71 bits per heavy atom. The summed E-state index contributed by atoms with van der Waals surface area (Å²) >= 11 is 5.88. The number of carbonyl (C=O) groups is 2. The van der Waals surface area contributed by atoms with Crippen molar-refractivity contribution < 1.29 is 19.1 Å². The molecule has 8 heteroatoms. The molecule has 0 saturated heterocycles. The number of hydrazone groups is 1. The number of benzene rings is 3. The Morgan fingerprint density at radius 1 is 0.968 bits per heavy atom. The highest BCUT2D eigenvalue weighted by molar-refractivity contribution is 6.39. The van der Waals surface area contributed by atoms with Crippen molar-refractivity contribution in [3.05, 3.63) is 88.9 Å². The van der Waals surface area contributed by atoms with Crippen LogP contribution in [0.25, 0.3) is 0 Å². The van der Waals surface area contributed by atoms with E-state index >= 15 is 0 Å². The molecule has 3 aromatic carbocycles. The van der Waals surface area contributed by atoms with Gasteiger partial charge in [-0.15, -0.1) is 0 Å². The number of amides is 2. The predicted octanol–water partition coefficient (Wildman–Crippen LogP) is 4.02. The summed E-state index contributed by atoms with van der Waals surface area (Å²) in [5.41, 5.74) is 4.35. The third-order valence-electron chi connectivity index (χ3n) is 4.11. The van der Waals surface area contributed by atoms with Crippen LogP contribution in [0.15, 0.2) is 77.9 Å². The van der Waals surface area contributed by atoms with E-state index in [1.807, 2.05) is 18.2 Å². The first-order valence-electron chi connectivity index (χ1n) is 9.29. The van der Waals surface area contributed by atoms with E-state index in [9.17, 15) is 9.59 Å². The van der Waals surface area contributed by atoms with Gasteiger partial charge < -0.3 is 14.8 Å². The number of hydrogen-bond donors (Lipinski definition) is 2. The maximum atomic E-state index is 11.9. The summed E-state index contributed by atoms with van der Waals surface area (Å²) in [5, 5.41) is 6.97. The minimum Gasteiger partial charge on any atom is -0.497 e. The van der Waals surface area contributed by atoms with Crippen molar-refractivity contribution in [2.24, 2.45) is 5.10 Å². The summed E-state index contributed by atoms with van der Waals surface area (Å²) in [6.45, 7) is 0.389. The fraction of sp³-hybridized carbons (Fsp3) is 0.0870. The van der Waals surface area contributed by atoms with Gasteiger partial charge in [-0.25, -0.2) is 5.43 Å². The first-order valence-corrected chi connectivity index (χ1v) is 9.67. The van der Waals surface area contributed by atoms with Crippen molar-refractivity contribution in [3.63, 3.8) is 0 Å². The second-order valence-electron chi connectivity index (χ2n) is 6.37. The molecule has 7 nitrogen and oxygen atoms in total. The topological polar surface area (TPSA) is 89.0 Å². The Morgan fingerprint density at radius 3 is 2.42 bits per heavy atom. The first-order chi connectivity index (χ1) is 15.0. The Balaban J connectivity index is 1.50. The largest absolute Gasteiger partial charge is 0.497 e. The van der Waals surface area contributed by atoms with Gasteiger partial charge in [0.2, 0.25) is 0 Å². The normalized spacial score (nSPS) is 10.5. The highest BCUT2D eigenvalue weighted by atomic mass is 35.5. The van der Waals surface area contributed by atoms with Gasteiger partial charge in [0.15, 0.2) is 0 Å². The Kier molecular flexibility index (Phi) is 7.61. The molecule has 0 aliphatic carbocycles. The molecule has 31 heavy (non-hydrogen) atoms.